The lowest BCUT2D eigenvalue weighted by molar-refractivity contribution is 0.0932. The van der Waals surface area contributed by atoms with Crippen LogP contribution < -0.4 is 10.6 Å². The number of nitrogens with zero attached hydrogens (tertiary/aromatic N) is 2. The molecule has 1 aromatic carbocycles. The van der Waals surface area contributed by atoms with Gasteiger partial charge in [-0.3, -0.25) is 4.79 Å². The summed E-state index contributed by atoms with van der Waals surface area (Å²) in [6.07, 6.45) is 1.35. The number of methoxy groups -OCH3 is 1. The Kier molecular flexibility index (Phi) is 5.65. The minimum Gasteiger partial charge on any atom is -0.383 e. The number of nitrogens with one attached hydrogen (secondary N) is 2. The molecule has 0 bridgehead atoms. The Morgan fingerprint density at radius 1 is 1.33 bits per heavy atom. The summed E-state index contributed by atoms with van der Waals surface area (Å²) in [7, 11) is 1.58. The van der Waals surface area contributed by atoms with Gasteiger partial charge in [-0.05, 0) is 18.2 Å². The van der Waals surface area contributed by atoms with Crippen LogP contribution in [0.2, 0.25) is 0 Å². The molecule has 0 aliphatic carbocycles. The smallest absolute Gasteiger partial charge is 0.270 e. The molecule has 0 aliphatic heterocycles. The topological polar surface area (TPSA) is 76.1 Å². The maximum Gasteiger partial charge on any atom is 0.270 e. The number of amides is 1. The zero-order valence-corrected chi connectivity index (χ0v) is 13.1. The first kappa shape index (κ1) is 15.4. The van der Waals surface area contributed by atoms with Gasteiger partial charge in [0.05, 0.1) is 6.61 Å². The quantitative estimate of drug-likeness (QED) is 0.782. The van der Waals surface area contributed by atoms with Crippen molar-refractivity contribution in [3.8, 4) is 0 Å². The number of hydrogen-bond donors (Lipinski definition) is 2. The van der Waals surface area contributed by atoms with Gasteiger partial charge in [-0.15, -0.1) is 0 Å². The van der Waals surface area contributed by atoms with Crippen molar-refractivity contribution in [2.24, 2.45) is 0 Å². The predicted octanol–water partition coefficient (Wildman–Crippen LogP) is 2.36. The molecule has 0 atom stereocenters. The molecule has 0 saturated carbocycles. The van der Waals surface area contributed by atoms with Crippen molar-refractivity contribution in [3.05, 3.63) is 46.8 Å². The van der Waals surface area contributed by atoms with E-state index in [9.17, 15) is 4.79 Å². The Labute approximate surface area is 131 Å². The van der Waals surface area contributed by atoms with Gasteiger partial charge in [0.1, 0.15) is 17.8 Å². The van der Waals surface area contributed by atoms with E-state index in [-0.39, 0.29) is 5.91 Å². The number of carbonyl (C=O) groups excluding carboxylic acids is 1. The van der Waals surface area contributed by atoms with Crippen LogP contribution >= 0.6 is 15.9 Å². The number of rotatable bonds is 6. The van der Waals surface area contributed by atoms with Gasteiger partial charge in [0.15, 0.2) is 0 Å². The molecule has 2 N–H and O–H groups in total. The van der Waals surface area contributed by atoms with Gasteiger partial charge in [0.2, 0.25) is 0 Å². The SMILES string of the molecule is COCCNC(=O)c1cc(Nc2cccc(Br)c2)ncn1. The number of hydrogen-bond acceptors (Lipinski definition) is 5. The van der Waals surface area contributed by atoms with Gasteiger partial charge in [-0.2, -0.15) is 0 Å². The Morgan fingerprint density at radius 3 is 2.95 bits per heavy atom. The molecule has 2 aromatic rings. The fraction of sp³-hybridized carbons (Fsp3) is 0.214. The van der Waals surface area contributed by atoms with E-state index in [2.05, 4.69) is 36.5 Å². The highest BCUT2D eigenvalue weighted by Crippen LogP contribution is 2.19. The van der Waals surface area contributed by atoms with E-state index in [0.29, 0.717) is 24.7 Å². The molecule has 21 heavy (non-hydrogen) atoms. The molecule has 1 amide bonds. The Bertz CT molecular complexity index is 621. The van der Waals surface area contributed by atoms with Crippen LogP contribution in [0.15, 0.2) is 41.1 Å². The van der Waals surface area contributed by atoms with Gasteiger partial charge in [0.25, 0.3) is 5.91 Å². The molecule has 0 unspecified atom stereocenters. The van der Waals surface area contributed by atoms with E-state index in [1.165, 1.54) is 6.33 Å². The van der Waals surface area contributed by atoms with Crippen LogP contribution in [0.4, 0.5) is 11.5 Å². The Hall–Kier alpha value is -1.99. The summed E-state index contributed by atoms with van der Waals surface area (Å²) >= 11 is 3.40. The summed E-state index contributed by atoms with van der Waals surface area (Å²) < 4.78 is 5.84. The van der Waals surface area contributed by atoms with Gasteiger partial charge < -0.3 is 15.4 Å². The first-order chi connectivity index (χ1) is 10.2. The zero-order valence-electron chi connectivity index (χ0n) is 11.5. The average Bonchev–Trinajstić information content (AvgIpc) is 2.48. The monoisotopic (exact) mass is 350 g/mol. The van der Waals surface area contributed by atoms with Gasteiger partial charge >= 0.3 is 0 Å². The molecule has 1 aromatic heterocycles. The summed E-state index contributed by atoms with van der Waals surface area (Å²) in [6, 6.07) is 9.26. The van der Waals surface area contributed by atoms with Crippen LogP contribution in [0.25, 0.3) is 0 Å². The van der Waals surface area contributed by atoms with E-state index in [1.807, 2.05) is 24.3 Å². The third-order valence-corrected chi connectivity index (χ3v) is 3.08. The maximum atomic E-state index is 11.9. The molecular weight excluding hydrogens is 336 g/mol. The first-order valence-electron chi connectivity index (χ1n) is 6.31. The van der Waals surface area contributed by atoms with Crippen molar-refractivity contribution in [2.75, 3.05) is 25.6 Å². The molecule has 7 heteroatoms. The van der Waals surface area contributed by atoms with Crippen LogP contribution in [0.5, 0.6) is 0 Å². The van der Waals surface area contributed by atoms with Crippen molar-refractivity contribution in [3.63, 3.8) is 0 Å². The second-order valence-corrected chi connectivity index (χ2v) is 5.09. The van der Waals surface area contributed by atoms with Crippen LogP contribution in [-0.4, -0.2) is 36.1 Å². The lowest BCUT2D eigenvalue weighted by Gasteiger charge is -2.07. The van der Waals surface area contributed by atoms with Gasteiger partial charge in [-0.1, -0.05) is 22.0 Å². The second kappa shape index (κ2) is 7.70. The highest BCUT2D eigenvalue weighted by molar-refractivity contribution is 9.10. The molecule has 2 rings (SSSR count). The van der Waals surface area contributed by atoms with Crippen LogP contribution in [0.1, 0.15) is 10.5 Å². The molecule has 0 fully saturated rings. The van der Waals surface area contributed by atoms with E-state index >= 15 is 0 Å². The molecule has 6 nitrogen and oxygen atoms in total. The highest BCUT2D eigenvalue weighted by Gasteiger charge is 2.08. The summed E-state index contributed by atoms with van der Waals surface area (Å²) in [5, 5.41) is 5.83. The maximum absolute atomic E-state index is 11.9. The molecule has 0 aliphatic rings. The lowest BCUT2D eigenvalue weighted by Crippen LogP contribution is -2.27. The summed E-state index contributed by atoms with van der Waals surface area (Å²) in [5.41, 5.74) is 1.17. The average molecular weight is 351 g/mol. The standard InChI is InChI=1S/C14H15BrN4O2/c1-21-6-5-16-14(20)12-8-13(18-9-17-12)19-11-4-2-3-10(15)7-11/h2-4,7-9H,5-6H2,1H3,(H,16,20)(H,17,18,19). The highest BCUT2D eigenvalue weighted by atomic mass is 79.9. The van der Waals surface area contributed by atoms with Gasteiger partial charge in [-0.25, -0.2) is 9.97 Å². The Morgan fingerprint density at radius 2 is 2.19 bits per heavy atom. The molecule has 0 saturated heterocycles. The second-order valence-electron chi connectivity index (χ2n) is 4.17. The lowest BCUT2D eigenvalue weighted by atomic mass is 10.3. The van der Waals surface area contributed by atoms with E-state index in [1.54, 1.807) is 13.2 Å². The van der Waals surface area contributed by atoms with E-state index in [4.69, 9.17) is 4.74 Å². The number of halogens is 1. The predicted molar refractivity (Wildman–Crippen MR) is 83.7 cm³/mol. The summed E-state index contributed by atoms with van der Waals surface area (Å²) in [4.78, 5) is 20.0. The zero-order chi connectivity index (χ0) is 15.1. The number of carbonyl (C=O) groups is 1. The normalized spacial score (nSPS) is 10.2. The van der Waals surface area contributed by atoms with Crippen molar-refractivity contribution < 1.29 is 9.53 Å². The largest absolute Gasteiger partial charge is 0.383 e. The number of ether oxygens (including phenoxy) is 1. The molecule has 0 spiro atoms. The fourth-order valence-corrected chi connectivity index (χ4v) is 2.02. The molecular formula is C14H15BrN4O2. The van der Waals surface area contributed by atoms with E-state index in [0.717, 1.165) is 10.2 Å². The number of aromatic nitrogens is 2. The molecule has 0 radical (unpaired) electrons. The van der Waals surface area contributed by atoms with Gasteiger partial charge in [0, 0.05) is 29.9 Å². The van der Waals surface area contributed by atoms with Crippen LogP contribution in [0.3, 0.4) is 0 Å². The van der Waals surface area contributed by atoms with Crippen LogP contribution in [-0.2, 0) is 4.74 Å². The summed E-state index contributed by atoms with van der Waals surface area (Å²) in [6.45, 7) is 0.897. The molecule has 1 heterocycles. The van der Waals surface area contributed by atoms with Crippen molar-refractivity contribution >= 4 is 33.3 Å². The molecule has 110 valence electrons. The minimum atomic E-state index is -0.258. The van der Waals surface area contributed by atoms with Crippen molar-refractivity contribution in [1.82, 2.24) is 15.3 Å². The first-order valence-corrected chi connectivity index (χ1v) is 7.10. The van der Waals surface area contributed by atoms with Crippen LogP contribution in [0, 0.1) is 0 Å². The van der Waals surface area contributed by atoms with E-state index < -0.39 is 0 Å². The minimum absolute atomic E-state index is 0.258. The summed E-state index contributed by atoms with van der Waals surface area (Å²) in [5.74, 6) is 0.298. The third kappa shape index (κ3) is 4.80. The fourth-order valence-electron chi connectivity index (χ4n) is 1.62. The van der Waals surface area contributed by atoms with Crippen molar-refractivity contribution in [2.45, 2.75) is 0 Å². The number of anilines is 2. The van der Waals surface area contributed by atoms with Crippen molar-refractivity contribution in [1.29, 1.82) is 0 Å². The Balaban J connectivity index is 2.05. The number of benzene rings is 1. The third-order valence-electron chi connectivity index (χ3n) is 2.59.